The highest BCUT2D eigenvalue weighted by atomic mass is 35.5. The van der Waals surface area contributed by atoms with Gasteiger partial charge >= 0.3 is 0 Å². The summed E-state index contributed by atoms with van der Waals surface area (Å²) in [5.41, 5.74) is 0.704. The number of aromatic nitrogens is 1. The third kappa shape index (κ3) is 1.26. The van der Waals surface area contributed by atoms with Gasteiger partial charge in [0.25, 0.3) is 0 Å². The normalized spacial score (nSPS) is 10.5. The third-order valence-corrected chi connectivity index (χ3v) is 2.07. The van der Waals surface area contributed by atoms with E-state index in [4.69, 9.17) is 23.2 Å². The molecular formula is C9H4Cl2N. The molecule has 59 valence electrons. The van der Waals surface area contributed by atoms with E-state index in [-0.39, 0.29) is 0 Å². The van der Waals surface area contributed by atoms with E-state index in [1.165, 1.54) is 0 Å². The first-order valence-electron chi connectivity index (χ1n) is 3.39. The number of hydrogen-bond donors (Lipinski definition) is 0. The van der Waals surface area contributed by atoms with E-state index in [0.29, 0.717) is 15.6 Å². The predicted molar refractivity (Wildman–Crippen MR) is 50.6 cm³/mol. The van der Waals surface area contributed by atoms with Crippen LogP contribution in [0.5, 0.6) is 0 Å². The van der Waals surface area contributed by atoms with Gasteiger partial charge in [-0.1, -0.05) is 23.2 Å². The number of hydrogen-bond acceptors (Lipinski definition) is 1. The molecule has 1 aromatic carbocycles. The standard InChI is InChI=1S/C9H4Cl2N/c10-6-4-8(11)7-2-1-3-12-9(7)5-6/h1-4H. The lowest BCUT2D eigenvalue weighted by Gasteiger charge is -1.98. The summed E-state index contributed by atoms with van der Waals surface area (Å²) in [4.78, 5) is 4.08. The van der Waals surface area contributed by atoms with Crippen LogP contribution in [-0.4, -0.2) is 4.98 Å². The highest BCUT2D eigenvalue weighted by molar-refractivity contribution is 6.38. The summed E-state index contributed by atoms with van der Waals surface area (Å²) in [5.74, 6) is 0. The van der Waals surface area contributed by atoms with Crippen LogP contribution in [-0.2, 0) is 0 Å². The lowest BCUT2D eigenvalue weighted by atomic mass is 10.2. The smallest absolute Gasteiger partial charge is 0.0811 e. The molecule has 1 aromatic heterocycles. The van der Waals surface area contributed by atoms with Gasteiger partial charge < -0.3 is 0 Å². The number of nitrogens with zero attached hydrogens (tertiary/aromatic N) is 1. The number of benzene rings is 1. The molecule has 0 N–H and O–H groups in total. The van der Waals surface area contributed by atoms with E-state index in [1.54, 1.807) is 12.3 Å². The number of halogens is 2. The molecule has 3 heteroatoms. The molecule has 2 rings (SSSR count). The van der Waals surface area contributed by atoms with Crippen LogP contribution in [0, 0.1) is 6.07 Å². The fourth-order valence-corrected chi connectivity index (χ4v) is 1.55. The number of rotatable bonds is 0. The molecule has 0 unspecified atom stereocenters. The van der Waals surface area contributed by atoms with E-state index in [1.807, 2.05) is 12.1 Å². The quantitative estimate of drug-likeness (QED) is 0.631. The molecule has 0 aliphatic rings. The topological polar surface area (TPSA) is 12.9 Å². The Kier molecular flexibility index (Phi) is 1.91. The first kappa shape index (κ1) is 7.84. The van der Waals surface area contributed by atoms with Crippen molar-refractivity contribution in [2.24, 2.45) is 0 Å². The van der Waals surface area contributed by atoms with Crippen LogP contribution in [0.3, 0.4) is 0 Å². The van der Waals surface area contributed by atoms with Crippen molar-refractivity contribution in [3.63, 3.8) is 0 Å². The first-order chi connectivity index (χ1) is 5.77. The fraction of sp³-hybridized carbons (Fsp3) is 0. The van der Waals surface area contributed by atoms with Gasteiger partial charge in [0.15, 0.2) is 0 Å². The van der Waals surface area contributed by atoms with Gasteiger partial charge in [0.1, 0.15) is 0 Å². The van der Waals surface area contributed by atoms with Crippen molar-refractivity contribution in [1.82, 2.24) is 4.98 Å². The molecule has 0 spiro atoms. The van der Waals surface area contributed by atoms with Crippen LogP contribution in [0.1, 0.15) is 0 Å². The summed E-state index contributed by atoms with van der Waals surface area (Å²) in [5, 5.41) is 1.98. The third-order valence-electron chi connectivity index (χ3n) is 1.56. The molecule has 1 nitrogen and oxygen atoms in total. The van der Waals surface area contributed by atoms with E-state index in [2.05, 4.69) is 11.1 Å². The van der Waals surface area contributed by atoms with Gasteiger partial charge in [-0.15, -0.1) is 0 Å². The average Bonchev–Trinajstić information content (AvgIpc) is 2.04. The second kappa shape index (κ2) is 2.92. The SMILES string of the molecule is Clc1[c]c2ncccc2c(Cl)c1. The van der Waals surface area contributed by atoms with Crippen molar-refractivity contribution >= 4 is 34.1 Å². The van der Waals surface area contributed by atoms with Crippen molar-refractivity contribution in [3.8, 4) is 0 Å². The minimum Gasteiger partial charge on any atom is -0.255 e. The highest BCUT2D eigenvalue weighted by Gasteiger charge is 2.00. The molecule has 12 heavy (non-hydrogen) atoms. The molecule has 0 saturated heterocycles. The van der Waals surface area contributed by atoms with Crippen LogP contribution in [0.2, 0.25) is 10.0 Å². The molecule has 0 fully saturated rings. The van der Waals surface area contributed by atoms with Gasteiger partial charge in [0, 0.05) is 17.6 Å². The van der Waals surface area contributed by atoms with E-state index >= 15 is 0 Å². The zero-order chi connectivity index (χ0) is 8.55. The first-order valence-corrected chi connectivity index (χ1v) is 4.15. The van der Waals surface area contributed by atoms with E-state index in [9.17, 15) is 0 Å². The molecule has 0 bridgehead atoms. The molecule has 2 aromatic rings. The maximum absolute atomic E-state index is 5.92. The summed E-state index contributed by atoms with van der Waals surface area (Å²) in [6.45, 7) is 0. The average molecular weight is 197 g/mol. The lowest BCUT2D eigenvalue weighted by Crippen LogP contribution is -1.78. The summed E-state index contributed by atoms with van der Waals surface area (Å²) in [7, 11) is 0. The molecule has 0 aliphatic heterocycles. The summed E-state index contributed by atoms with van der Waals surface area (Å²) < 4.78 is 0. The van der Waals surface area contributed by atoms with Gasteiger partial charge in [0.2, 0.25) is 0 Å². The Bertz CT molecular complexity index is 426. The fourth-order valence-electron chi connectivity index (χ4n) is 1.04. The van der Waals surface area contributed by atoms with Crippen molar-refractivity contribution < 1.29 is 0 Å². The summed E-state index contributed by atoms with van der Waals surface area (Å²) in [6, 6.07) is 8.28. The van der Waals surface area contributed by atoms with Gasteiger partial charge in [0.05, 0.1) is 15.6 Å². The Balaban J connectivity index is 2.89. The predicted octanol–water partition coefficient (Wildman–Crippen LogP) is 3.34. The Hall–Kier alpha value is -0.790. The van der Waals surface area contributed by atoms with Crippen molar-refractivity contribution in [2.45, 2.75) is 0 Å². The lowest BCUT2D eigenvalue weighted by molar-refractivity contribution is 1.41. The van der Waals surface area contributed by atoms with Crippen LogP contribution >= 0.6 is 23.2 Å². The van der Waals surface area contributed by atoms with Gasteiger partial charge in [-0.2, -0.15) is 0 Å². The van der Waals surface area contributed by atoms with Crippen molar-refractivity contribution in [2.75, 3.05) is 0 Å². The molecule has 0 atom stereocenters. The minimum absolute atomic E-state index is 0.492. The van der Waals surface area contributed by atoms with Crippen molar-refractivity contribution in [1.29, 1.82) is 0 Å². The van der Waals surface area contributed by atoms with E-state index < -0.39 is 0 Å². The summed E-state index contributed by atoms with van der Waals surface area (Å²) in [6.07, 6.45) is 1.69. The van der Waals surface area contributed by atoms with Crippen LogP contribution in [0.15, 0.2) is 24.4 Å². The minimum atomic E-state index is 0.492. The zero-order valence-corrected chi connectivity index (χ0v) is 7.52. The molecule has 0 amide bonds. The highest BCUT2D eigenvalue weighted by Crippen LogP contribution is 2.25. The van der Waals surface area contributed by atoms with Gasteiger partial charge in [-0.3, -0.25) is 4.98 Å². The second-order valence-electron chi connectivity index (χ2n) is 2.36. The zero-order valence-electron chi connectivity index (χ0n) is 6.01. The van der Waals surface area contributed by atoms with Crippen molar-refractivity contribution in [3.05, 3.63) is 40.5 Å². The Morgan fingerprint density at radius 3 is 3.00 bits per heavy atom. The molecular weight excluding hydrogens is 193 g/mol. The monoisotopic (exact) mass is 196 g/mol. The van der Waals surface area contributed by atoms with Gasteiger partial charge in [-0.25, -0.2) is 0 Å². The Morgan fingerprint density at radius 1 is 1.33 bits per heavy atom. The second-order valence-corrected chi connectivity index (χ2v) is 3.18. The molecule has 1 heterocycles. The molecule has 0 saturated carbocycles. The van der Waals surface area contributed by atoms with Crippen LogP contribution in [0.25, 0.3) is 10.9 Å². The number of fused-ring (bicyclic) bond motifs is 1. The number of pyridine rings is 1. The largest absolute Gasteiger partial charge is 0.255 e. The Labute approximate surface area is 79.9 Å². The molecule has 1 radical (unpaired) electrons. The van der Waals surface area contributed by atoms with Crippen LogP contribution < -0.4 is 0 Å². The van der Waals surface area contributed by atoms with Crippen LogP contribution in [0.4, 0.5) is 0 Å². The van der Waals surface area contributed by atoms with E-state index in [0.717, 1.165) is 5.39 Å². The molecule has 0 aliphatic carbocycles. The summed E-state index contributed by atoms with van der Waals surface area (Å²) >= 11 is 11.7. The maximum Gasteiger partial charge on any atom is 0.0811 e. The van der Waals surface area contributed by atoms with Gasteiger partial charge in [-0.05, 0) is 18.2 Å². The Morgan fingerprint density at radius 2 is 2.17 bits per heavy atom. The maximum atomic E-state index is 5.92.